The number of halogens is 1. The summed E-state index contributed by atoms with van der Waals surface area (Å²) in [5, 5.41) is 5.38. The molecule has 0 saturated heterocycles. The van der Waals surface area contributed by atoms with E-state index in [0.717, 1.165) is 9.26 Å². The molecular weight excluding hydrogens is 329 g/mol. The second-order valence-corrected chi connectivity index (χ2v) is 4.55. The van der Waals surface area contributed by atoms with E-state index in [1.165, 1.54) is 0 Å². The first-order valence-electron chi connectivity index (χ1n) is 4.98. The number of nitrogens with one attached hydrogen (secondary N) is 2. The van der Waals surface area contributed by atoms with Gasteiger partial charge in [0.15, 0.2) is 0 Å². The summed E-state index contributed by atoms with van der Waals surface area (Å²) < 4.78 is 1.02. The summed E-state index contributed by atoms with van der Waals surface area (Å²) in [6.45, 7) is 0. The molecule has 0 atom stereocenters. The van der Waals surface area contributed by atoms with Crippen molar-refractivity contribution >= 4 is 40.1 Å². The first-order chi connectivity index (χ1) is 8.24. The van der Waals surface area contributed by atoms with E-state index in [9.17, 15) is 4.79 Å². The van der Waals surface area contributed by atoms with E-state index in [0.29, 0.717) is 5.82 Å². The highest BCUT2D eigenvalue weighted by Crippen LogP contribution is 2.10. The average molecular weight is 339 g/mol. The second kappa shape index (κ2) is 5.62. The molecule has 2 amide bonds. The lowest BCUT2D eigenvalue weighted by Gasteiger charge is -2.06. The van der Waals surface area contributed by atoms with Crippen LogP contribution in [-0.2, 0) is 0 Å². The standard InChI is InChI=1S/C12H10IN3O/c13-9-6-7-14-11(8-9)16-12(17)15-10-4-2-1-3-5-10/h1-8H,(H2,14,15,16,17). The van der Waals surface area contributed by atoms with Crippen LogP contribution in [0.4, 0.5) is 16.3 Å². The Hall–Kier alpha value is -1.63. The maximum Gasteiger partial charge on any atom is 0.324 e. The van der Waals surface area contributed by atoms with Gasteiger partial charge in [-0.15, -0.1) is 0 Å². The van der Waals surface area contributed by atoms with Crippen LogP contribution in [0, 0.1) is 3.57 Å². The largest absolute Gasteiger partial charge is 0.324 e. The molecule has 0 unspecified atom stereocenters. The number of aromatic nitrogens is 1. The summed E-state index contributed by atoms with van der Waals surface area (Å²) in [6, 6.07) is 12.6. The topological polar surface area (TPSA) is 54.0 Å². The zero-order valence-electron chi connectivity index (χ0n) is 8.85. The smallest absolute Gasteiger partial charge is 0.308 e. The van der Waals surface area contributed by atoms with Gasteiger partial charge in [-0.3, -0.25) is 5.32 Å². The van der Waals surface area contributed by atoms with Gasteiger partial charge in [0, 0.05) is 15.5 Å². The van der Waals surface area contributed by atoms with Crippen LogP contribution < -0.4 is 10.6 Å². The minimum atomic E-state index is -0.300. The zero-order chi connectivity index (χ0) is 12.1. The van der Waals surface area contributed by atoms with Gasteiger partial charge in [-0.05, 0) is 46.9 Å². The van der Waals surface area contributed by atoms with Crippen LogP contribution in [0.2, 0.25) is 0 Å². The van der Waals surface area contributed by atoms with Crippen molar-refractivity contribution in [3.05, 3.63) is 52.2 Å². The molecule has 0 saturated carbocycles. The Balaban J connectivity index is 1.98. The molecule has 1 aromatic carbocycles. The molecule has 0 aliphatic rings. The Kier molecular flexibility index (Phi) is 3.92. The number of nitrogens with zero attached hydrogens (tertiary/aromatic N) is 1. The van der Waals surface area contributed by atoms with Crippen molar-refractivity contribution < 1.29 is 4.79 Å². The van der Waals surface area contributed by atoms with Crippen LogP contribution in [0.3, 0.4) is 0 Å². The Labute approximate surface area is 113 Å². The summed E-state index contributed by atoms with van der Waals surface area (Å²) in [7, 11) is 0. The van der Waals surface area contributed by atoms with Crippen molar-refractivity contribution in [1.29, 1.82) is 0 Å². The van der Waals surface area contributed by atoms with Crippen LogP contribution in [0.1, 0.15) is 0 Å². The number of amides is 2. The summed E-state index contributed by atoms with van der Waals surface area (Å²) in [5.41, 5.74) is 0.746. The molecule has 0 aliphatic heterocycles. The number of para-hydroxylation sites is 1. The molecule has 0 radical (unpaired) electrons. The van der Waals surface area contributed by atoms with Crippen molar-refractivity contribution in [3.63, 3.8) is 0 Å². The summed E-state index contributed by atoms with van der Waals surface area (Å²) in [5.74, 6) is 0.533. The minimum absolute atomic E-state index is 0.300. The van der Waals surface area contributed by atoms with E-state index in [1.807, 2.05) is 36.4 Å². The first-order valence-corrected chi connectivity index (χ1v) is 6.06. The van der Waals surface area contributed by atoms with Crippen LogP contribution in [0.5, 0.6) is 0 Å². The number of hydrogen-bond acceptors (Lipinski definition) is 2. The third kappa shape index (κ3) is 3.70. The van der Waals surface area contributed by atoms with Gasteiger partial charge < -0.3 is 5.32 Å². The van der Waals surface area contributed by atoms with Crippen LogP contribution in [0.15, 0.2) is 48.7 Å². The number of carbonyl (C=O) groups excluding carboxylic acids is 1. The van der Waals surface area contributed by atoms with E-state index >= 15 is 0 Å². The highest BCUT2D eigenvalue weighted by atomic mass is 127. The molecule has 17 heavy (non-hydrogen) atoms. The van der Waals surface area contributed by atoms with Crippen molar-refractivity contribution in [2.75, 3.05) is 10.6 Å². The fourth-order valence-electron chi connectivity index (χ4n) is 1.27. The van der Waals surface area contributed by atoms with Gasteiger partial charge in [0.2, 0.25) is 0 Å². The minimum Gasteiger partial charge on any atom is -0.308 e. The number of pyridine rings is 1. The number of benzene rings is 1. The molecular formula is C12H10IN3O. The molecule has 1 heterocycles. The van der Waals surface area contributed by atoms with Gasteiger partial charge in [-0.2, -0.15) is 0 Å². The third-order valence-electron chi connectivity index (χ3n) is 2.00. The van der Waals surface area contributed by atoms with Crippen molar-refractivity contribution in [2.45, 2.75) is 0 Å². The predicted molar refractivity (Wildman–Crippen MR) is 76.0 cm³/mol. The Morgan fingerprint density at radius 1 is 1.12 bits per heavy atom. The molecule has 86 valence electrons. The molecule has 5 heteroatoms. The number of urea groups is 1. The fraction of sp³-hybridized carbons (Fsp3) is 0. The summed E-state index contributed by atoms with van der Waals surface area (Å²) >= 11 is 2.16. The van der Waals surface area contributed by atoms with Gasteiger partial charge in [0.1, 0.15) is 5.82 Å². The fourth-order valence-corrected chi connectivity index (χ4v) is 1.73. The first kappa shape index (κ1) is 11.8. The average Bonchev–Trinajstić information content (AvgIpc) is 2.30. The zero-order valence-corrected chi connectivity index (χ0v) is 11.0. The SMILES string of the molecule is O=C(Nc1ccccc1)Nc1cc(I)ccn1. The van der Waals surface area contributed by atoms with Crippen molar-refractivity contribution in [1.82, 2.24) is 4.98 Å². The molecule has 0 aliphatic carbocycles. The maximum atomic E-state index is 11.6. The van der Waals surface area contributed by atoms with E-state index in [2.05, 4.69) is 38.2 Å². The van der Waals surface area contributed by atoms with Gasteiger partial charge in [-0.25, -0.2) is 9.78 Å². The predicted octanol–water partition coefficient (Wildman–Crippen LogP) is 3.33. The number of rotatable bonds is 2. The van der Waals surface area contributed by atoms with E-state index in [1.54, 1.807) is 12.3 Å². The highest BCUT2D eigenvalue weighted by Gasteiger charge is 2.02. The third-order valence-corrected chi connectivity index (χ3v) is 2.67. The van der Waals surface area contributed by atoms with E-state index in [-0.39, 0.29) is 6.03 Å². The Morgan fingerprint density at radius 3 is 2.59 bits per heavy atom. The molecule has 2 N–H and O–H groups in total. The van der Waals surface area contributed by atoms with Crippen molar-refractivity contribution in [3.8, 4) is 0 Å². The van der Waals surface area contributed by atoms with Gasteiger partial charge in [0.25, 0.3) is 0 Å². The Bertz CT molecular complexity index is 516. The second-order valence-electron chi connectivity index (χ2n) is 3.30. The number of carbonyl (C=O) groups is 1. The van der Waals surface area contributed by atoms with Gasteiger partial charge >= 0.3 is 6.03 Å². The van der Waals surface area contributed by atoms with Crippen molar-refractivity contribution in [2.24, 2.45) is 0 Å². The molecule has 1 aromatic heterocycles. The van der Waals surface area contributed by atoms with Crippen LogP contribution in [-0.4, -0.2) is 11.0 Å². The lowest BCUT2D eigenvalue weighted by molar-refractivity contribution is 0.262. The van der Waals surface area contributed by atoms with Crippen LogP contribution >= 0.6 is 22.6 Å². The van der Waals surface area contributed by atoms with E-state index < -0.39 is 0 Å². The maximum absolute atomic E-state index is 11.6. The molecule has 4 nitrogen and oxygen atoms in total. The lowest BCUT2D eigenvalue weighted by atomic mass is 10.3. The van der Waals surface area contributed by atoms with Crippen LogP contribution in [0.25, 0.3) is 0 Å². The monoisotopic (exact) mass is 339 g/mol. The molecule has 0 bridgehead atoms. The molecule has 0 fully saturated rings. The molecule has 2 aromatic rings. The van der Waals surface area contributed by atoms with Gasteiger partial charge in [-0.1, -0.05) is 18.2 Å². The summed E-state index contributed by atoms with van der Waals surface area (Å²) in [6.07, 6.45) is 1.65. The molecule has 0 spiro atoms. The highest BCUT2D eigenvalue weighted by molar-refractivity contribution is 14.1. The number of hydrogen-bond donors (Lipinski definition) is 2. The number of anilines is 2. The Morgan fingerprint density at radius 2 is 1.88 bits per heavy atom. The normalized spacial score (nSPS) is 9.71. The quantitative estimate of drug-likeness (QED) is 0.825. The molecule has 2 rings (SSSR count). The van der Waals surface area contributed by atoms with E-state index in [4.69, 9.17) is 0 Å². The lowest BCUT2D eigenvalue weighted by Crippen LogP contribution is -2.19. The summed E-state index contributed by atoms with van der Waals surface area (Å²) in [4.78, 5) is 15.7. The van der Waals surface area contributed by atoms with Gasteiger partial charge in [0.05, 0.1) is 0 Å².